The molecule has 5 heteroatoms. The Kier molecular flexibility index (Phi) is 5.85. The van der Waals surface area contributed by atoms with Crippen molar-refractivity contribution < 1.29 is 9.84 Å². The first-order valence-corrected chi connectivity index (χ1v) is 6.49. The zero-order valence-electron chi connectivity index (χ0n) is 11.4. The molecule has 0 aliphatic heterocycles. The van der Waals surface area contributed by atoms with Crippen LogP contribution in [0.25, 0.3) is 0 Å². The molecule has 0 aliphatic rings. The van der Waals surface area contributed by atoms with E-state index in [1.807, 2.05) is 6.92 Å². The number of hydrogen-bond acceptors (Lipinski definition) is 5. The molecule has 1 heterocycles. The molecule has 0 aliphatic carbocycles. The molecule has 0 atom stereocenters. The van der Waals surface area contributed by atoms with Crippen LogP contribution in [0.1, 0.15) is 33.6 Å². The lowest BCUT2D eigenvalue weighted by molar-refractivity contribution is 0.127. The number of nitrogens with zero attached hydrogens (tertiary/aromatic N) is 2. The lowest BCUT2D eigenvalue weighted by atomic mass is 9.83. The minimum atomic E-state index is -0.0866. The van der Waals surface area contributed by atoms with Gasteiger partial charge in [0.1, 0.15) is 12.1 Å². The summed E-state index contributed by atoms with van der Waals surface area (Å²) in [5.74, 6) is 1.30. The van der Waals surface area contributed by atoms with Crippen LogP contribution < -0.4 is 10.1 Å². The zero-order valence-corrected chi connectivity index (χ0v) is 11.4. The Morgan fingerprint density at radius 2 is 2.00 bits per heavy atom. The molecule has 0 aromatic carbocycles. The van der Waals surface area contributed by atoms with Crippen LogP contribution in [0.2, 0.25) is 0 Å². The number of hydrogen-bond donors (Lipinski definition) is 2. The van der Waals surface area contributed by atoms with Crippen LogP contribution in [0.3, 0.4) is 0 Å². The average molecular weight is 253 g/mol. The molecule has 1 rings (SSSR count). The first-order valence-electron chi connectivity index (χ1n) is 6.49. The van der Waals surface area contributed by atoms with Gasteiger partial charge in [-0.2, -0.15) is 0 Å². The van der Waals surface area contributed by atoms with Crippen LogP contribution in [0.5, 0.6) is 5.88 Å². The van der Waals surface area contributed by atoms with Gasteiger partial charge in [-0.05, 0) is 19.8 Å². The fraction of sp³-hybridized carbons (Fsp3) is 0.692. The number of rotatable bonds is 8. The van der Waals surface area contributed by atoms with Gasteiger partial charge in [-0.15, -0.1) is 0 Å². The molecule has 5 nitrogen and oxygen atoms in total. The topological polar surface area (TPSA) is 67.3 Å². The molecule has 2 N–H and O–H groups in total. The third-order valence-corrected chi connectivity index (χ3v) is 3.41. The summed E-state index contributed by atoms with van der Waals surface area (Å²) in [5.41, 5.74) is -0.0866. The molecule has 102 valence electrons. The first kappa shape index (κ1) is 14.7. The van der Waals surface area contributed by atoms with E-state index >= 15 is 0 Å². The van der Waals surface area contributed by atoms with Gasteiger partial charge in [0.15, 0.2) is 0 Å². The van der Waals surface area contributed by atoms with Gasteiger partial charge in [0.25, 0.3) is 0 Å². The van der Waals surface area contributed by atoms with E-state index in [0.29, 0.717) is 19.0 Å². The maximum Gasteiger partial charge on any atom is 0.218 e. The molecular weight excluding hydrogens is 230 g/mol. The zero-order chi connectivity index (χ0) is 13.4. The fourth-order valence-corrected chi connectivity index (χ4v) is 1.72. The van der Waals surface area contributed by atoms with Crippen molar-refractivity contribution in [3.05, 3.63) is 12.4 Å². The molecule has 0 saturated carbocycles. The molecule has 1 aromatic rings. The normalized spacial score (nSPS) is 11.3. The van der Waals surface area contributed by atoms with E-state index in [4.69, 9.17) is 4.74 Å². The second-order valence-electron chi connectivity index (χ2n) is 4.39. The van der Waals surface area contributed by atoms with Crippen molar-refractivity contribution in [1.82, 2.24) is 9.97 Å². The van der Waals surface area contributed by atoms with E-state index in [1.54, 1.807) is 6.07 Å². The molecule has 0 saturated heterocycles. The molecular formula is C13H23N3O2. The summed E-state index contributed by atoms with van der Waals surface area (Å²) in [5, 5.41) is 12.7. The van der Waals surface area contributed by atoms with Crippen molar-refractivity contribution in [3.8, 4) is 5.88 Å². The van der Waals surface area contributed by atoms with Gasteiger partial charge >= 0.3 is 0 Å². The number of ether oxygens (including phenoxy) is 1. The molecule has 0 bridgehead atoms. The summed E-state index contributed by atoms with van der Waals surface area (Å²) >= 11 is 0. The molecule has 0 radical (unpaired) electrons. The maximum absolute atomic E-state index is 9.50. The predicted octanol–water partition coefficient (Wildman–Crippen LogP) is 2.09. The standard InChI is InChI=1S/C13H23N3O2/c1-4-13(5-2,9-17)8-14-11-7-12(18-6-3)16-10-15-11/h7,10,17H,4-6,8-9H2,1-3H3,(H,14,15,16). The lowest BCUT2D eigenvalue weighted by Gasteiger charge is -2.29. The third-order valence-electron chi connectivity index (χ3n) is 3.41. The van der Waals surface area contributed by atoms with Crippen LogP contribution >= 0.6 is 0 Å². The lowest BCUT2D eigenvalue weighted by Crippen LogP contribution is -2.32. The smallest absolute Gasteiger partial charge is 0.218 e. The Balaban J connectivity index is 2.64. The van der Waals surface area contributed by atoms with Crippen molar-refractivity contribution in [1.29, 1.82) is 0 Å². The molecule has 0 unspecified atom stereocenters. The summed E-state index contributed by atoms with van der Waals surface area (Å²) < 4.78 is 5.32. The van der Waals surface area contributed by atoms with Crippen molar-refractivity contribution in [3.63, 3.8) is 0 Å². The Bertz CT molecular complexity index is 346. The van der Waals surface area contributed by atoms with Crippen LogP contribution in [0, 0.1) is 5.41 Å². The highest BCUT2D eigenvalue weighted by molar-refractivity contribution is 5.37. The maximum atomic E-state index is 9.50. The summed E-state index contributed by atoms with van der Waals surface area (Å²) in [4.78, 5) is 8.16. The highest BCUT2D eigenvalue weighted by Crippen LogP contribution is 2.26. The van der Waals surface area contributed by atoms with Crippen LogP contribution in [0.4, 0.5) is 5.82 Å². The van der Waals surface area contributed by atoms with E-state index in [0.717, 1.165) is 18.7 Å². The predicted molar refractivity (Wildman–Crippen MR) is 71.8 cm³/mol. The van der Waals surface area contributed by atoms with E-state index in [-0.39, 0.29) is 12.0 Å². The number of aliphatic hydroxyl groups is 1. The number of aromatic nitrogens is 2. The summed E-state index contributed by atoms with van der Waals surface area (Å²) in [6, 6.07) is 1.77. The van der Waals surface area contributed by atoms with Crippen molar-refractivity contribution in [2.24, 2.45) is 5.41 Å². The summed E-state index contributed by atoms with van der Waals surface area (Å²) in [7, 11) is 0. The highest BCUT2D eigenvalue weighted by atomic mass is 16.5. The summed E-state index contributed by atoms with van der Waals surface area (Å²) in [6.45, 7) is 7.55. The number of aliphatic hydroxyl groups excluding tert-OH is 1. The SMILES string of the molecule is CCOc1cc(NCC(CC)(CC)CO)ncn1. The molecule has 1 aromatic heterocycles. The first-order chi connectivity index (χ1) is 8.69. The third kappa shape index (κ3) is 3.84. The van der Waals surface area contributed by atoms with Crippen LogP contribution in [0.15, 0.2) is 12.4 Å². The monoisotopic (exact) mass is 253 g/mol. The van der Waals surface area contributed by atoms with Crippen molar-refractivity contribution in [2.75, 3.05) is 25.1 Å². The van der Waals surface area contributed by atoms with Gasteiger partial charge in [-0.1, -0.05) is 13.8 Å². The van der Waals surface area contributed by atoms with Crippen LogP contribution in [-0.2, 0) is 0 Å². The second kappa shape index (κ2) is 7.16. The van der Waals surface area contributed by atoms with Gasteiger partial charge < -0.3 is 15.2 Å². The Labute approximate surface area is 109 Å². The number of anilines is 1. The van der Waals surface area contributed by atoms with Gasteiger partial charge in [0.05, 0.1) is 13.2 Å². The Hall–Kier alpha value is -1.36. The highest BCUT2D eigenvalue weighted by Gasteiger charge is 2.25. The van der Waals surface area contributed by atoms with E-state index in [1.165, 1.54) is 6.33 Å². The number of nitrogens with one attached hydrogen (secondary N) is 1. The van der Waals surface area contributed by atoms with Gasteiger partial charge in [-0.3, -0.25) is 0 Å². The van der Waals surface area contributed by atoms with Gasteiger partial charge in [0, 0.05) is 18.0 Å². The summed E-state index contributed by atoms with van der Waals surface area (Å²) in [6.07, 6.45) is 3.33. The molecule has 0 amide bonds. The molecule has 0 fully saturated rings. The molecule has 18 heavy (non-hydrogen) atoms. The Morgan fingerprint density at radius 3 is 2.56 bits per heavy atom. The average Bonchev–Trinajstić information content (AvgIpc) is 2.42. The quantitative estimate of drug-likeness (QED) is 0.742. The largest absolute Gasteiger partial charge is 0.478 e. The second-order valence-corrected chi connectivity index (χ2v) is 4.39. The Morgan fingerprint density at radius 1 is 1.28 bits per heavy atom. The minimum Gasteiger partial charge on any atom is -0.478 e. The van der Waals surface area contributed by atoms with Gasteiger partial charge in [0.2, 0.25) is 5.88 Å². The van der Waals surface area contributed by atoms with Crippen molar-refractivity contribution >= 4 is 5.82 Å². The fourth-order valence-electron chi connectivity index (χ4n) is 1.72. The van der Waals surface area contributed by atoms with E-state index in [2.05, 4.69) is 29.1 Å². The van der Waals surface area contributed by atoms with E-state index < -0.39 is 0 Å². The van der Waals surface area contributed by atoms with Gasteiger partial charge in [-0.25, -0.2) is 9.97 Å². The molecule has 0 spiro atoms. The van der Waals surface area contributed by atoms with Crippen molar-refractivity contribution in [2.45, 2.75) is 33.6 Å². The van der Waals surface area contributed by atoms with E-state index in [9.17, 15) is 5.11 Å². The minimum absolute atomic E-state index is 0.0866. The van der Waals surface area contributed by atoms with Crippen LogP contribution in [-0.4, -0.2) is 34.8 Å².